The zero-order chi connectivity index (χ0) is 24.8. The normalized spacial score (nSPS) is 13.2. The highest BCUT2D eigenvalue weighted by atomic mass is 79.9. The van der Waals surface area contributed by atoms with Crippen LogP contribution in [0.5, 0.6) is 0 Å². The summed E-state index contributed by atoms with van der Waals surface area (Å²) in [6.45, 7) is 4.99. The number of nitrogens with one attached hydrogen (secondary N) is 1. The summed E-state index contributed by atoms with van der Waals surface area (Å²) in [5.41, 5.74) is 0.931. The van der Waals surface area contributed by atoms with Gasteiger partial charge in [-0.1, -0.05) is 35.0 Å². The minimum Gasteiger partial charge on any atom is -0.352 e. The minimum absolute atomic E-state index is 0.0745. The number of carbonyl (C=O) groups excluding carboxylic acids is 2. The number of carbonyl (C=O) groups is 2. The van der Waals surface area contributed by atoms with Gasteiger partial charge >= 0.3 is 0 Å². The fourth-order valence-corrected chi connectivity index (χ4v) is 4.40. The minimum atomic E-state index is -3.85. The second kappa shape index (κ2) is 11.6. The molecule has 0 heterocycles. The van der Waals surface area contributed by atoms with Gasteiger partial charge in [0.05, 0.1) is 11.9 Å². The number of hydrogen-bond acceptors (Lipinski definition) is 4. The smallest absolute Gasteiger partial charge is 0.244 e. The first-order valence-corrected chi connectivity index (χ1v) is 13.1. The van der Waals surface area contributed by atoms with Crippen LogP contribution in [0.15, 0.2) is 53.0 Å². The van der Waals surface area contributed by atoms with Crippen molar-refractivity contribution in [1.29, 1.82) is 0 Å². The number of anilines is 1. The summed E-state index contributed by atoms with van der Waals surface area (Å²) in [5, 5.41) is 2.87. The molecule has 180 valence electrons. The first-order valence-electron chi connectivity index (χ1n) is 10.5. The predicted molar refractivity (Wildman–Crippen MR) is 131 cm³/mol. The predicted octanol–water partition coefficient (Wildman–Crippen LogP) is 3.69. The Balaban J connectivity index is 2.37. The first-order chi connectivity index (χ1) is 15.4. The van der Waals surface area contributed by atoms with Gasteiger partial charge in [0, 0.05) is 17.1 Å². The fraction of sp³-hybridized carbons (Fsp3) is 0.391. The van der Waals surface area contributed by atoms with Gasteiger partial charge < -0.3 is 10.2 Å². The Kier molecular flexibility index (Phi) is 9.42. The number of hydrogen-bond donors (Lipinski definition) is 1. The van der Waals surface area contributed by atoms with E-state index in [1.807, 2.05) is 38.1 Å². The summed E-state index contributed by atoms with van der Waals surface area (Å²) in [4.78, 5) is 27.6. The average Bonchev–Trinajstić information content (AvgIpc) is 2.75. The molecular weight excluding hydrogens is 513 g/mol. The quantitative estimate of drug-likeness (QED) is 0.497. The van der Waals surface area contributed by atoms with Crippen LogP contribution in [0, 0.1) is 5.82 Å². The van der Waals surface area contributed by atoms with Crippen LogP contribution in [0.3, 0.4) is 0 Å². The van der Waals surface area contributed by atoms with Crippen LogP contribution < -0.4 is 9.62 Å². The Labute approximate surface area is 203 Å². The topological polar surface area (TPSA) is 86.8 Å². The molecule has 10 heteroatoms. The van der Waals surface area contributed by atoms with Crippen LogP contribution in [0.4, 0.5) is 10.1 Å². The first kappa shape index (κ1) is 26.8. The molecule has 0 aliphatic rings. The summed E-state index contributed by atoms with van der Waals surface area (Å²) < 4.78 is 40.0. The van der Waals surface area contributed by atoms with Crippen molar-refractivity contribution in [2.45, 2.75) is 45.8 Å². The van der Waals surface area contributed by atoms with Crippen molar-refractivity contribution in [3.8, 4) is 0 Å². The Bertz CT molecular complexity index is 1080. The van der Waals surface area contributed by atoms with E-state index in [1.54, 1.807) is 6.92 Å². The molecule has 2 aromatic carbocycles. The summed E-state index contributed by atoms with van der Waals surface area (Å²) in [5.74, 6) is -1.41. The van der Waals surface area contributed by atoms with Crippen LogP contribution in [-0.2, 0) is 26.2 Å². The average molecular weight is 542 g/mol. The van der Waals surface area contributed by atoms with E-state index in [0.29, 0.717) is 0 Å². The largest absolute Gasteiger partial charge is 0.352 e. The lowest BCUT2D eigenvalue weighted by Gasteiger charge is -2.32. The van der Waals surface area contributed by atoms with Crippen molar-refractivity contribution in [2.24, 2.45) is 0 Å². The molecular formula is C23H29BrFN3O4S. The van der Waals surface area contributed by atoms with E-state index in [0.717, 1.165) is 39.2 Å². The maximum absolute atomic E-state index is 13.4. The molecule has 2 aromatic rings. The van der Waals surface area contributed by atoms with Gasteiger partial charge in [-0.2, -0.15) is 0 Å². The van der Waals surface area contributed by atoms with E-state index in [9.17, 15) is 22.4 Å². The zero-order valence-corrected chi connectivity index (χ0v) is 21.5. The third-order valence-electron chi connectivity index (χ3n) is 5.20. The highest BCUT2D eigenvalue weighted by Gasteiger charge is 2.30. The molecule has 0 radical (unpaired) electrons. The molecule has 0 saturated heterocycles. The van der Waals surface area contributed by atoms with Gasteiger partial charge in [0.2, 0.25) is 21.8 Å². The van der Waals surface area contributed by atoms with Gasteiger partial charge in [0.15, 0.2) is 0 Å². The maximum atomic E-state index is 13.4. The summed E-state index contributed by atoms with van der Waals surface area (Å²) in [6, 6.07) is 11.2. The number of rotatable bonds is 10. The van der Waals surface area contributed by atoms with Crippen LogP contribution in [0.25, 0.3) is 0 Å². The highest BCUT2D eigenvalue weighted by Crippen LogP contribution is 2.20. The van der Waals surface area contributed by atoms with Crippen LogP contribution in [0.1, 0.15) is 32.8 Å². The zero-order valence-electron chi connectivity index (χ0n) is 19.1. The summed E-state index contributed by atoms with van der Waals surface area (Å²) in [6.07, 6.45) is 1.70. The molecule has 2 amide bonds. The highest BCUT2D eigenvalue weighted by molar-refractivity contribution is 9.10. The molecule has 0 saturated carbocycles. The van der Waals surface area contributed by atoms with Gasteiger partial charge in [0.25, 0.3) is 0 Å². The Morgan fingerprint density at radius 3 is 2.30 bits per heavy atom. The van der Waals surface area contributed by atoms with E-state index >= 15 is 0 Å². The van der Waals surface area contributed by atoms with Crippen molar-refractivity contribution in [2.75, 3.05) is 17.1 Å². The number of halogens is 2. The summed E-state index contributed by atoms with van der Waals surface area (Å²) >= 11 is 3.40. The molecule has 33 heavy (non-hydrogen) atoms. The second-order valence-electron chi connectivity index (χ2n) is 7.89. The lowest BCUT2D eigenvalue weighted by atomic mass is 10.1. The van der Waals surface area contributed by atoms with Crippen LogP contribution in [-0.4, -0.2) is 50.0 Å². The molecule has 0 aliphatic heterocycles. The number of amides is 2. The van der Waals surface area contributed by atoms with E-state index in [1.165, 1.54) is 17.0 Å². The standard InChI is InChI=1S/C23H29BrFN3O4S/c1-5-16(2)26-23(30)17(3)27(14-18-7-6-8-19(24)13-18)22(29)15-28(33(4,31)32)21-11-9-20(25)10-12-21/h6-13,16-17H,5,14-15H2,1-4H3,(H,26,30)/t16-,17-/m0/s1. The monoisotopic (exact) mass is 541 g/mol. The lowest BCUT2D eigenvalue weighted by molar-refractivity contribution is -0.139. The van der Waals surface area contributed by atoms with E-state index in [2.05, 4.69) is 21.2 Å². The van der Waals surface area contributed by atoms with Crippen molar-refractivity contribution in [3.05, 3.63) is 64.4 Å². The van der Waals surface area contributed by atoms with Crippen molar-refractivity contribution >= 4 is 43.5 Å². The molecule has 2 rings (SSSR count). The van der Waals surface area contributed by atoms with Gasteiger partial charge in [-0.3, -0.25) is 13.9 Å². The molecule has 0 aromatic heterocycles. The molecule has 0 fully saturated rings. The summed E-state index contributed by atoms with van der Waals surface area (Å²) in [7, 11) is -3.85. The van der Waals surface area contributed by atoms with Gasteiger partial charge in [-0.15, -0.1) is 0 Å². The Morgan fingerprint density at radius 2 is 1.76 bits per heavy atom. The Morgan fingerprint density at radius 1 is 1.12 bits per heavy atom. The lowest BCUT2D eigenvalue weighted by Crippen LogP contribution is -2.52. The van der Waals surface area contributed by atoms with E-state index in [4.69, 9.17) is 0 Å². The molecule has 0 spiro atoms. The van der Waals surface area contributed by atoms with Gasteiger partial charge in [-0.25, -0.2) is 12.8 Å². The fourth-order valence-electron chi connectivity index (χ4n) is 3.10. The van der Waals surface area contributed by atoms with Gasteiger partial charge in [-0.05, 0) is 62.2 Å². The van der Waals surface area contributed by atoms with E-state index in [-0.39, 0.29) is 24.2 Å². The molecule has 0 aliphatic carbocycles. The SMILES string of the molecule is CC[C@H](C)NC(=O)[C@H](C)N(Cc1cccc(Br)c1)C(=O)CN(c1ccc(F)cc1)S(C)(=O)=O. The second-order valence-corrected chi connectivity index (χ2v) is 10.7. The third kappa shape index (κ3) is 7.82. The van der Waals surface area contributed by atoms with E-state index < -0.39 is 34.3 Å². The number of sulfonamides is 1. The third-order valence-corrected chi connectivity index (χ3v) is 6.84. The van der Waals surface area contributed by atoms with Crippen molar-refractivity contribution in [1.82, 2.24) is 10.2 Å². The van der Waals surface area contributed by atoms with Crippen molar-refractivity contribution < 1.29 is 22.4 Å². The van der Waals surface area contributed by atoms with Crippen molar-refractivity contribution in [3.63, 3.8) is 0 Å². The number of nitrogens with zero attached hydrogens (tertiary/aromatic N) is 2. The molecule has 0 bridgehead atoms. The van der Waals surface area contributed by atoms with Crippen LogP contribution >= 0.6 is 15.9 Å². The molecule has 7 nitrogen and oxygen atoms in total. The van der Waals surface area contributed by atoms with Crippen LogP contribution in [0.2, 0.25) is 0 Å². The van der Waals surface area contributed by atoms with Gasteiger partial charge in [0.1, 0.15) is 18.4 Å². The molecule has 2 atom stereocenters. The molecule has 0 unspecified atom stereocenters. The maximum Gasteiger partial charge on any atom is 0.244 e. The number of benzene rings is 2. The molecule has 1 N–H and O–H groups in total. The Hall–Kier alpha value is -2.46.